The predicted octanol–water partition coefficient (Wildman–Crippen LogP) is 3.14. The fraction of sp³-hybridized carbons (Fsp3) is 0. The van der Waals surface area contributed by atoms with E-state index in [1.54, 1.807) is 3.58 Å². The maximum atomic E-state index is 2.63. The topological polar surface area (TPSA) is 0 Å². The summed E-state index contributed by atoms with van der Waals surface area (Å²) in [6.45, 7) is -1.80. The molecule has 0 spiro atoms. The molecule has 0 heterocycles. The van der Waals surface area contributed by atoms with Crippen LogP contribution in [0.25, 0.3) is 0 Å². The van der Waals surface area contributed by atoms with Crippen LogP contribution in [0.15, 0.2) is 30.3 Å². The van der Waals surface area contributed by atoms with E-state index < -0.39 is 6.47 Å². The van der Waals surface area contributed by atoms with Gasteiger partial charge < -0.3 is 0 Å². The number of hydrogen-bond donors (Lipinski definition) is 0. The van der Waals surface area contributed by atoms with Crippen LogP contribution in [0, 0.1) is 0 Å². The van der Waals surface area contributed by atoms with Crippen LogP contribution in [0.5, 0.6) is 0 Å². The van der Waals surface area contributed by atoms with E-state index in [-0.39, 0.29) is 0 Å². The van der Waals surface area contributed by atoms with E-state index in [0.717, 1.165) is 0 Å². The van der Waals surface area contributed by atoms with Crippen LogP contribution in [0.1, 0.15) is 0 Å². The Morgan fingerprint density at radius 2 is 1.40 bits per heavy atom. The molecule has 0 bridgehead atoms. The van der Waals surface area contributed by atoms with Gasteiger partial charge in [-0.1, -0.05) is 0 Å². The molecule has 10 heavy (non-hydrogen) atoms. The van der Waals surface area contributed by atoms with Gasteiger partial charge in [-0.05, 0) is 0 Å². The fourth-order valence-corrected chi connectivity index (χ4v) is 9.49. The van der Waals surface area contributed by atoms with Crippen LogP contribution in [0.3, 0.4) is 0 Å². The third-order valence-corrected chi connectivity index (χ3v) is 16.5. The second-order valence-electron chi connectivity index (χ2n) is 1.86. The minimum absolute atomic E-state index is 1.57. The van der Waals surface area contributed by atoms with Gasteiger partial charge in [0.05, 0.1) is 0 Å². The van der Waals surface area contributed by atoms with Crippen molar-refractivity contribution in [3.05, 3.63) is 30.3 Å². The van der Waals surface area contributed by atoms with Gasteiger partial charge in [0.25, 0.3) is 0 Å². The first-order valence-corrected chi connectivity index (χ1v) is 29.1. The van der Waals surface area contributed by atoms with Gasteiger partial charge in [0.2, 0.25) is 0 Å². The molecule has 1 rings (SSSR count). The van der Waals surface area contributed by atoms with Crippen molar-refractivity contribution in [2.45, 2.75) is 0 Å². The van der Waals surface area contributed by atoms with E-state index in [1.807, 2.05) is 0 Å². The van der Waals surface area contributed by atoms with Gasteiger partial charge in [-0.25, -0.2) is 0 Å². The molecule has 0 saturated carbocycles. The first-order valence-electron chi connectivity index (χ1n) is 2.73. The average molecular weight is 577 g/mol. The minimum atomic E-state index is -1.80. The summed E-state index contributed by atoms with van der Waals surface area (Å²) in [5.41, 5.74) is 0. The molecule has 54 valence electrons. The molecular weight excluding hydrogens is 571 g/mol. The molecule has 0 radical (unpaired) electrons. The second kappa shape index (κ2) is 4.45. The fourth-order valence-electron chi connectivity index (χ4n) is 0.627. The van der Waals surface area contributed by atoms with E-state index in [1.165, 1.54) is 0 Å². The second-order valence-corrected chi connectivity index (χ2v) is 80.5. The summed E-state index contributed by atoms with van der Waals surface area (Å²) in [5.74, 6) is 0. The van der Waals surface area contributed by atoms with Crippen molar-refractivity contribution >= 4 is 66.0 Å². The van der Waals surface area contributed by atoms with Crippen molar-refractivity contribution in [3.8, 4) is 0 Å². The van der Waals surface area contributed by atoms with E-state index in [9.17, 15) is 0 Å². The Morgan fingerprint density at radius 3 is 1.70 bits per heavy atom. The molecule has 4 heteroatoms. The van der Waals surface area contributed by atoms with E-state index in [4.69, 9.17) is 0 Å². The van der Waals surface area contributed by atoms with Crippen molar-refractivity contribution < 1.29 is 0 Å². The summed E-state index contributed by atoms with van der Waals surface area (Å²) in [4.78, 5) is 0. The Morgan fingerprint density at radius 1 is 0.900 bits per heavy atom. The zero-order valence-electron chi connectivity index (χ0n) is 5.02. The molecule has 0 N–H and O–H groups in total. The normalized spacial score (nSPS) is 11.5. The zero-order valence-corrected chi connectivity index (χ0v) is 14.3. The Kier molecular flexibility index (Phi) is 4.58. The first-order chi connectivity index (χ1) is 4.61. The Hall–Kier alpha value is 2.21. The van der Waals surface area contributed by atoms with E-state index in [0.29, 0.717) is 0 Å². The van der Waals surface area contributed by atoms with Crippen molar-refractivity contribution in [2.24, 2.45) is 0 Å². The third kappa shape index (κ3) is 3.30. The van der Waals surface area contributed by atoms with Crippen molar-refractivity contribution in [3.63, 3.8) is 0 Å². The van der Waals surface area contributed by atoms with Gasteiger partial charge >= 0.3 is 96.3 Å². The van der Waals surface area contributed by atoms with Crippen LogP contribution in [-0.2, 0) is 0 Å². The molecule has 0 aliphatic rings. The Labute approximate surface area is 94.0 Å². The summed E-state index contributed by atoms with van der Waals surface area (Å²) >= 11 is 7.88. The number of hydrogen-bond acceptors (Lipinski definition) is 0. The predicted molar refractivity (Wildman–Crippen MR) is 73.9 cm³/mol. The summed E-state index contributed by atoms with van der Waals surface area (Å²) in [6.07, 6.45) is 0. The van der Waals surface area contributed by atoms with Gasteiger partial charge in [0, 0.05) is 0 Å². The zero-order chi connectivity index (χ0) is 7.61. The standard InChI is InChI=1S/C6H5.3HI.Sn/c1-2-4-6-5-3-1;;;;/h1-5H;3*1H;/q;;;;+3/p-3. The Balaban J connectivity index is 2.97. The molecule has 0 aromatic heterocycles. The number of rotatable bonds is 1. The summed E-state index contributed by atoms with van der Waals surface area (Å²) in [5, 5.41) is 0. The van der Waals surface area contributed by atoms with Crippen LogP contribution in [0.2, 0.25) is 0 Å². The molecule has 0 aliphatic carbocycles. The number of halogens is 3. The van der Waals surface area contributed by atoms with Gasteiger partial charge in [-0.15, -0.1) is 0 Å². The van der Waals surface area contributed by atoms with Crippen molar-refractivity contribution in [2.75, 3.05) is 0 Å². The average Bonchev–Trinajstić information content (AvgIpc) is 1.88. The SMILES string of the molecule is [I][Sn]([I])([I])[c]1ccccc1. The quantitative estimate of drug-likeness (QED) is 0.356. The maximum absolute atomic E-state index is 2.63. The summed E-state index contributed by atoms with van der Waals surface area (Å²) < 4.78 is 1.57. The van der Waals surface area contributed by atoms with Gasteiger partial charge in [-0.2, -0.15) is 0 Å². The molecule has 0 saturated heterocycles. The molecular formula is C6H5I3Sn. The summed E-state index contributed by atoms with van der Waals surface area (Å²) in [6, 6.07) is 10.8. The molecule has 0 nitrogen and oxygen atoms in total. The Bertz CT molecular complexity index is 204. The summed E-state index contributed by atoms with van der Waals surface area (Å²) in [7, 11) is 0. The molecule has 1 aromatic rings. The van der Waals surface area contributed by atoms with Crippen LogP contribution in [-0.4, -0.2) is 6.47 Å². The van der Waals surface area contributed by atoms with Gasteiger partial charge in [0.15, 0.2) is 0 Å². The first kappa shape index (κ1) is 10.3. The van der Waals surface area contributed by atoms with Crippen LogP contribution < -0.4 is 3.58 Å². The van der Waals surface area contributed by atoms with Crippen molar-refractivity contribution in [1.29, 1.82) is 0 Å². The molecule has 0 unspecified atom stereocenters. The molecule has 0 fully saturated rings. The molecule has 1 aromatic carbocycles. The van der Waals surface area contributed by atoms with E-state index >= 15 is 0 Å². The molecule has 0 aliphatic heterocycles. The van der Waals surface area contributed by atoms with Crippen LogP contribution >= 0.6 is 55.9 Å². The van der Waals surface area contributed by atoms with Crippen molar-refractivity contribution in [1.82, 2.24) is 0 Å². The third-order valence-electron chi connectivity index (χ3n) is 1.10. The van der Waals surface area contributed by atoms with Crippen LogP contribution in [0.4, 0.5) is 0 Å². The molecule has 0 amide bonds. The molecule has 0 atom stereocenters. The van der Waals surface area contributed by atoms with E-state index in [2.05, 4.69) is 86.2 Å². The van der Waals surface area contributed by atoms with Gasteiger partial charge in [0.1, 0.15) is 0 Å². The monoisotopic (exact) mass is 578 g/mol. The number of benzene rings is 1. The van der Waals surface area contributed by atoms with Gasteiger partial charge in [-0.3, -0.25) is 0 Å².